The van der Waals surface area contributed by atoms with Crippen molar-refractivity contribution in [2.24, 2.45) is 5.92 Å². The zero-order chi connectivity index (χ0) is 13.1. The third kappa shape index (κ3) is 2.98. The first-order valence-corrected chi connectivity index (χ1v) is 7.73. The molecule has 0 aliphatic carbocycles. The van der Waals surface area contributed by atoms with Gasteiger partial charge in [0.1, 0.15) is 0 Å². The summed E-state index contributed by atoms with van der Waals surface area (Å²) in [6, 6.07) is 7.46. The number of nitrogens with one attached hydrogen (secondary N) is 1. The number of aromatic nitrogens is 1. The normalized spacial score (nSPS) is 30.4. The molecule has 0 aromatic carbocycles. The molecule has 1 N–H and O–H groups in total. The Morgan fingerprint density at radius 1 is 1.32 bits per heavy atom. The average Bonchev–Trinajstić information content (AvgIpc) is 3.02. The fraction of sp³-hybridized carbons (Fsp3) is 0.688. The van der Waals surface area contributed by atoms with Crippen molar-refractivity contribution in [3.63, 3.8) is 0 Å². The van der Waals surface area contributed by atoms with E-state index in [1.165, 1.54) is 51.0 Å². The highest BCUT2D eigenvalue weighted by Gasteiger charge is 2.31. The minimum atomic E-state index is 0.449. The molecule has 19 heavy (non-hydrogen) atoms. The van der Waals surface area contributed by atoms with E-state index in [1.54, 1.807) is 0 Å². The molecule has 2 aliphatic heterocycles. The van der Waals surface area contributed by atoms with Gasteiger partial charge in [0.2, 0.25) is 0 Å². The van der Waals surface area contributed by atoms with Gasteiger partial charge in [-0.3, -0.25) is 9.88 Å². The molecule has 3 rings (SSSR count). The van der Waals surface area contributed by atoms with Crippen LogP contribution in [0.4, 0.5) is 0 Å². The van der Waals surface area contributed by atoms with Crippen LogP contribution in [0.2, 0.25) is 0 Å². The number of piperidine rings is 1. The monoisotopic (exact) mass is 259 g/mol. The lowest BCUT2D eigenvalue weighted by Gasteiger charge is -2.38. The summed E-state index contributed by atoms with van der Waals surface area (Å²) in [5.74, 6) is 0.836. The lowest BCUT2D eigenvalue weighted by atomic mass is 9.89. The Morgan fingerprint density at radius 2 is 2.26 bits per heavy atom. The van der Waals surface area contributed by atoms with E-state index in [1.807, 2.05) is 12.3 Å². The van der Waals surface area contributed by atoms with Gasteiger partial charge >= 0.3 is 0 Å². The fourth-order valence-electron chi connectivity index (χ4n) is 3.64. The largest absolute Gasteiger partial charge is 0.314 e. The summed E-state index contributed by atoms with van der Waals surface area (Å²) in [5.41, 5.74) is 1.21. The van der Waals surface area contributed by atoms with E-state index in [-0.39, 0.29) is 0 Å². The Morgan fingerprint density at radius 3 is 3.00 bits per heavy atom. The summed E-state index contributed by atoms with van der Waals surface area (Å²) in [6.07, 6.45) is 7.36. The molecule has 2 saturated heterocycles. The van der Waals surface area contributed by atoms with Crippen molar-refractivity contribution in [1.82, 2.24) is 15.2 Å². The Balaban J connectivity index is 1.64. The number of nitrogens with zero attached hydrogens (tertiary/aromatic N) is 2. The fourth-order valence-corrected chi connectivity index (χ4v) is 3.64. The molecule has 3 nitrogen and oxygen atoms in total. The molecule has 104 valence electrons. The van der Waals surface area contributed by atoms with Gasteiger partial charge in [0.25, 0.3) is 0 Å². The lowest BCUT2D eigenvalue weighted by Crippen LogP contribution is -2.44. The molecule has 0 bridgehead atoms. The molecular weight excluding hydrogens is 234 g/mol. The first kappa shape index (κ1) is 13.1. The first-order valence-electron chi connectivity index (χ1n) is 7.73. The molecule has 0 spiro atoms. The van der Waals surface area contributed by atoms with E-state index in [0.717, 1.165) is 12.0 Å². The summed E-state index contributed by atoms with van der Waals surface area (Å²) in [5, 5.41) is 3.68. The highest BCUT2D eigenvalue weighted by atomic mass is 15.2. The molecule has 1 aromatic rings. The highest BCUT2D eigenvalue weighted by molar-refractivity contribution is 5.08. The standard InChI is InChI=1S/C16H25N3/c1-13(15-7-2-3-9-17-15)19-11-5-6-14(12-19)16-8-4-10-18-16/h2-3,7,9,13-14,16,18H,4-6,8,10-12H2,1H3. The molecule has 3 unspecified atom stereocenters. The van der Waals surface area contributed by atoms with Crippen LogP contribution < -0.4 is 5.32 Å². The smallest absolute Gasteiger partial charge is 0.0572 e. The van der Waals surface area contributed by atoms with Gasteiger partial charge in [-0.05, 0) is 63.7 Å². The number of rotatable bonds is 3. The van der Waals surface area contributed by atoms with Crippen LogP contribution in [0.15, 0.2) is 24.4 Å². The second kappa shape index (κ2) is 6.02. The first-order chi connectivity index (χ1) is 9.34. The third-order valence-electron chi connectivity index (χ3n) is 4.82. The summed E-state index contributed by atoms with van der Waals surface area (Å²) in [6.45, 7) is 5.97. The van der Waals surface area contributed by atoms with Crippen LogP contribution >= 0.6 is 0 Å². The molecule has 1 aromatic heterocycles. The average molecular weight is 259 g/mol. The van der Waals surface area contributed by atoms with Gasteiger partial charge in [-0.2, -0.15) is 0 Å². The van der Waals surface area contributed by atoms with Gasteiger partial charge in [-0.15, -0.1) is 0 Å². The second-order valence-corrected chi connectivity index (χ2v) is 6.03. The Bertz CT molecular complexity index is 386. The summed E-state index contributed by atoms with van der Waals surface area (Å²) >= 11 is 0. The van der Waals surface area contributed by atoms with Gasteiger partial charge in [-0.25, -0.2) is 0 Å². The van der Waals surface area contributed by atoms with Crippen molar-refractivity contribution in [2.45, 2.75) is 44.7 Å². The molecule has 3 heterocycles. The predicted molar refractivity (Wildman–Crippen MR) is 78.0 cm³/mol. The van der Waals surface area contributed by atoms with Crippen molar-refractivity contribution in [1.29, 1.82) is 0 Å². The minimum absolute atomic E-state index is 0.449. The minimum Gasteiger partial charge on any atom is -0.314 e. The number of hydrogen-bond acceptors (Lipinski definition) is 3. The van der Waals surface area contributed by atoms with Crippen LogP contribution in [0.25, 0.3) is 0 Å². The predicted octanol–water partition coefficient (Wildman–Crippen LogP) is 2.61. The molecule has 0 amide bonds. The zero-order valence-corrected chi connectivity index (χ0v) is 11.9. The Hall–Kier alpha value is -0.930. The summed E-state index contributed by atoms with van der Waals surface area (Å²) in [7, 11) is 0. The highest BCUT2D eigenvalue weighted by Crippen LogP contribution is 2.29. The van der Waals surface area contributed by atoms with E-state index in [2.05, 4.69) is 34.3 Å². The quantitative estimate of drug-likeness (QED) is 0.904. The van der Waals surface area contributed by atoms with Crippen LogP contribution in [0.3, 0.4) is 0 Å². The van der Waals surface area contributed by atoms with E-state index in [0.29, 0.717) is 6.04 Å². The maximum atomic E-state index is 4.52. The lowest BCUT2D eigenvalue weighted by molar-refractivity contribution is 0.113. The zero-order valence-electron chi connectivity index (χ0n) is 11.9. The number of hydrogen-bond donors (Lipinski definition) is 1. The summed E-state index contributed by atoms with van der Waals surface area (Å²) < 4.78 is 0. The van der Waals surface area contributed by atoms with E-state index in [4.69, 9.17) is 0 Å². The van der Waals surface area contributed by atoms with Crippen LogP contribution in [-0.4, -0.2) is 35.6 Å². The van der Waals surface area contributed by atoms with E-state index < -0.39 is 0 Å². The van der Waals surface area contributed by atoms with Crippen LogP contribution in [0.5, 0.6) is 0 Å². The molecule has 0 saturated carbocycles. The van der Waals surface area contributed by atoms with Crippen molar-refractivity contribution in [3.05, 3.63) is 30.1 Å². The summed E-state index contributed by atoms with van der Waals surface area (Å²) in [4.78, 5) is 7.14. The van der Waals surface area contributed by atoms with Gasteiger partial charge in [0.15, 0.2) is 0 Å². The number of pyridine rings is 1. The van der Waals surface area contributed by atoms with Crippen molar-refractivity contribution >= 4 is 0 Å². The molecular formula is C16H25N3. The molecule has 2 fully saturated rings. The van der Waals surface area contributed by atoms with Crippen LogP contribution in [0, 0.1) is 5.92 Å². The molecule has 2 aliphatic rings. The van der Waals surface area contributed by atoms with Gasteiger partial charge < -0.3 is 5.32 Å². The topological polar surface area (TPSA) is 28.2 Å². The third-order valence-corrected chi connectivity index (χ3v) is 4.82. The number of likely N-dealkylation sites (tertiary alicyclic amines) is 1. The van der Waals surface area contributed by atoms with Gasteiger partial charge in [-0.1, -0.05) is 6.07 Å². The maximum Gasteiger partial charge on any atom is 0.0572 e. The maximum absolute atomic E-state index is 4.52. The van der Waals surface area contributed by atoms with E-state index in [9.17, 15) is 0 Å². The Labute approximate surface area is 116 Å². The second-order valence-electron chi connectivity index (χ2n) is 6.03. The molecule has 3 atom stereocenters. The van der Waals surface area contributed by atoms with Gasteiger partial charge in [0.05, 0.1) is 5.69 Å². The van der Waals surface area contributed by atoms with E-state index >= 15 is 0 Å². The van der Waals surface area contributed by atoms with Crippen molar-refractivity contribution < 1.29 is 0 Å². The van der Waals surface area contributed by atoms with Gasteiger partial charge in [0, 0.05) is 24.8 Å². The molecule has 0 radical (unpaired) electrons. The Kier molecular flexibility index (Phi) is 4.14. The van der Waals surface area contributed by atoms with Crippen molar-refractivity contribution in [2.75, 3.05) is 19.6 Å². The molecule has 3 heteroatoms. The SMILES string of the molecule is CC(c1ccccn1)N1CCCC(C2CCCN2)C1. The van der Waals surface area contributed by atoms with Crippen LogP contribution in [-0.2, 0) is 0 Å². The van der Waals surface area contributed by atoms with Crippen LogP contribution in [0.1, 0.15) is 44.3 Å². The van der Waals surface area contributed by atoms with Crippen molar-refractivity contribution in [3.8, 4) is 0 Å².